The van der Waals surface area contributed by atoms with Crippen molar-refractivity contribution in [2.45, 2.75) is 46.0 Å². The van der Waals surface area contributed by atoms with Gasteiger partial charge in [0.1, 0.15) is 0 Å². The van der Waals surface area contributed by atoms with Gasteiger partial charge in [-0.25, -0.2) is 0 Å². The Morgan fingerprint density at radius 1 is 1.40 bits per heavy atom. The molecule has 0 spiro atoms. The van der Waals surface area contributed by atoms with Crippen LogP contribution in [-0.4, -0.2) is 29.5 Å². The molecule has 0 radical (unpaired) electrons. The quantitative estimate of drug-likeness (QED) is 0.647. The predicted molar refractivity (Wildman–Crippen MR) is 70.1 cm³/mol. The van der Waals surface area contributed by atoms with Crippen molar-refractivity contribution in [1.82, 2.24) is 4.90 Å². The first-order valence-electron chi connectivity index (χ1n) is 6.12. The zero-order chi connectivity index (χ0) is 11.3. The molecule has 0 unspecified atom stereocenters. The SMILES string of the molecule is CCCCN(CC)CC1(CC(N)=S)CC1. The minimum absolute atomic E-state index is 0.454. The molecule has 1 aliphatic rings. The third-order valence-electron chi connectivity index (χ3n) is 3.34. The third-order valence-corrected chi connectivity index (χ3v) is 3.48. The highest BCUT2D eigenvalue weighted by Gasteiger charge is 2.43. The van der Waals surface area contributed by atoms with E-state index in [1.54, 1.807) is 0 Å². The van der Waals surface area contributed by atoms with Crippen LogP contribution in [0.4, 0.5) is 0 Å². The molecule has 1 saturated carbocycles. The monoisotopic (exact) mass is 228 g/mol. The average molecular weight is 228 g/mol. The predicted octanol–water partition coefficient (Wildman–Crippen LogP) is 2.56. The smallest absolute Gasteiger partial charge is 0.0733 e. The summed E-state index contributed by atoms with van der Waals surface area (Å²) in [5, 5.41) is 0. The largest absolute Gasteiger partial charge is 0.393 e. The maximum atomic E-state index is 5.65. The van der Waals surface area contributed by atoms with E-state index in [1.165, 1.54) is 38.8 Å². The van der Waals surface area contributed by atoms with E-state index >= 15 is 0 Å². The third kappa shape index (κ3) is 4.47. The summed E-state index contributed by atoms with van der Waals surface area (Å²) in [6, 6.07) is 0. The summed E-state index contributed by atoms with van der Waals surface area (Å²) in [6.07, 6.45) is 6.15. The van der Waals surface area contributed by atoms with E-state index in [1.807, 2.05) is 0 Å². The van der Waals surface area contributed by atoms with Gasteiger partial charge >= 0.3 is 0 Å². The highest BCUT2D eigenvalue weighted by Crippen LogP contribution is 2.49. The average Bonchev–Trinajstić information content (AvgIpc) is 2.91. The van der Waals surface area contributed by atoms with Gasteiger partial charge in [-0.1, -0.05) is 32.5 Å². The molecule has 0 amide bonds. The Morgan fingerprint density at radius 3 is 2.47 bits per heavy atom. The lowest BCUT2D eigenvalue weighted by Crippen LogP contribution is -2.33. The molecule has 1 aliphatic carbocycles. The lowest BCUT2D eigenvalue weighted by atomic mass is 10.0. The molecule has 0 aromatic rings. The zero-order valence-electron chi connectivity index (χ0n) is 10.1. The Labute approximate surface area is 99.2 Å². The van der Waals surface area contributed by atoms with Crippen molar-refractivity contribution in [1.29, 1.82) is 0 Å². The van der Waals surface area contributed by atoms with Gasteiger partial charge in [0, 0.05) is 13.0 Å². The van der Waals surface area contributed by atoms with E-state index in [9.17, 15) is 0 Å². The molecule has 2 nitrogen and oxygen atoms in total. The standard InChI is InChI=1S/C12H24N2S/c1-3-5-8-14(4-2)10-12(6-7-12)9-11(13)15/h3-10H2,1-2H3,(H2,13,15). The summed E-state index contributed by atoms with van der Waals surface area (Å²) in [7, 11) is 0. The fourth-order valence-electron chi connectivity index (χ4n) is 2.14. The Kier molecular flexibility index (Phi) is 5.00. The van der Waals surface area contributed by atoms with Crippen molar-refractivity contribution in [2.75, 3.05) is 19.6 Å². The fourth-order valence-corrected chi connectivity index (χ4v) is 2.45. The number of nitrogens with zero attached hydrogens (tertiary/aromatic N) is 1. The van der Waals surface area contributed by atoms with Crippen LogP contribution in [0.25, 0.3) is 0 Å². The number of unbranched alkanes of at least 4 members (excludes halogenated alkanes) is 1. The molecule has 0 heterocycles. The van der Waals surface area contributed by atoms with E-state index in [4.69, 9.17) is 18.0 Å². The van der Waals surface area contributed by atoms with E-state index in [0.29, 0.717) is 10.4 Å². The van der Waals surface area contributed by atoms with Gasteiger partial charge in [0.2, 0.25) is 0 Å². The van der Waals surface area contributed by atoms with Crippen molar-refractivity contribution >= 4 is 17.2 Å². The van der Waals surface area contributed by atoms with Crippen LogP contribution in [0.5, 0.6) is 0 Å². The number of rotatable bonds is 8. The molecule has 15 heavy (non-hydrogen) atoms. The van der Waals surface area contributed by atoms with Crippen LogP contribution in [-0.2, 0) is 0 Å². The minimum Gasteiger partial charge on any atom is -0.393 e. The topological polar surface area (TPSA) is 29.3 Å². The number of hydrogen-bond donors (Lipinski definition) is 1. The van der Waals surface area contributed by atoms with Gasteiger partial charge in [-0.3, -0.25) is 0 Å². The Hall–Kier alpha value is -0.150. The Bertz CT molecular complexity index is 212. The second kappa shape index (κ2) is 5.80. The normalized spacial score (nSPS) is 18.1. The molecule has 0 bridgehead atoms. The van der Waals surface area contributed by atoms with Gasteiger partial charge in [0.25, 0.3) is 0 Å². The second-order valence-corrected chi connectivity index (χ2v) is 5.39. The van der Waals surface area contributed by atoms with Crippen molar-refractivity contribution in [3.05, 3.63) is 0 Å². The lowest BCUT2D eigenvalue weighted by molar-refractivity contribution is 0.229. The molecule has 88 valence electrons. The van der Waals surface area contributed by atoms with E-state index < -0.39 is 0 Å². The number of thiocarbonyl (C=S) groups is 1. The Balaban J connectivity index is 2.33. The fraction of sp³-hybridized carbons (Fsp3) is 0.917. The van der Waals surface area contributed by atoms with E-state index in [-0.39, 0.29) is 0 Å². The zero-order valence-corrected chi connectivity index (χ0v) is 10.9. The van der Waals surface area contributed by atoms with Crippen LogP contribution in [0.15, 0.2) is 0 Å². The lowest BCUT2D eigenvalue weighted by Gasteiger charge is -2.26. The highest BCUT2D eigenvalue weighted by atomic mass is 32.1. The molecule has 1 rings (SSSR count). The van der Waals surface area contributed by atoms with Crippen molar-refractivity contribution < 1.29 is 0 Å². The first-order valence-corrected chi connectivity index (χ1v) is 6.53. The van der Waals surface area contributed by atoms with Gasteiger partial charge in [-0.15, -0.1) is 0 Å². The summed E-state index contributed by atoms with van der Waals surface area (Å²) in [6.45, 7) is 8.06. The Morgan fingerprint density at radius 2 is 2.07 bits per heavy atom. The molecule has 0 aliphatic heterocycles. The molecule has 0 aromatic heterocycles. The van der Waals surface area contributed by atoms with Crippen LogP contribution < -0.4 is 5.73 Å². The molecule has 0 atom stereocenters. The first-order chi connectivity index (χ1) is 7.12. The maximum absolute atomic E-state index is 5.65. The van der Waals surface area contributed by atoms with Crippen LogP contribution in [0.1, 0.15) is 46.0 Å². The number of nitrogens with two attached hydrogens (primary N) is 1. The van der Waals surface area contributed by atoms with Crippen LogP contribution in [0, 0.1) is 5.41 Å². The molecule has 0 aromatic carbocycles. The molecule has 2 N–H and O–H groups in total. The van der Waals surface area contributed by atoms with Crippen LogP contribution in [0.2, 0.25) is 0 Å². The van der Waals surface area contributed by atoms with Crippen molar-refractivity contribution in [2.24, 2.45) is 11.1 Å². The van der Waals surface area contributed by atoms with Crippen LogP contribution in [0.3, 0.4) is 0 Å². The molecular weight excluding hydrogens is 204 g/mol. The highest BCUT2D eigenvalue weighted by molar-refractivity contribution is 7.80. The van der Waals surface area contributed by atoms with E-state index in [2.05, 4.69) is 18.7 Å². The van der Waals surface area contributed by atoms with Crippen molar-refractivity contribution in [3.63, 3.8) is 0 Å². The second-order valence-electron chi connectivity index (χ2n) is 4.87. The summed E-state index contributed by atoms with van der Waals surface area (Å²) in [4.78, 5) is 3.24. The first kappa shape index (κ1) is 12.9. The van der Waals surface area contributed by atoms with E-state index in [0.717, 1.165) is 13.0 Å². The molecule has 1 fully saturated rings. The molecule has 3 heteroatoms. The van der Waals surface area contributed by atoms with Gasteiger partial charge in [-0.05, 0) is 37.8 Å². The maximum Gasteiger partial charge on any atom is 0.0733 e. The van der Waals surface area contributed by atoms with Gasteiger partial charge in [0.15, 0.2) is 0 Å². The van der Waals surface area contributed by atoms with Crippen molar-refractivity contribution in [3.8, 4) is 0 Å². The molecular formula is C12H24N2S. The minimum atomic E-state index is 0.454. The summed E-state index contributed by atoms with van der Waals surface area (Å²) in [5.74, 6) is 0. The summed E-state index contributed by atoms with van der Waals surface area (Å²) < 4.78 is 0. The summed E-state index contributed by atoms with van der Waals surface area (Å²) in [5.41, 5.74) is 6.10. The van der Waals surface area contributed by atoms with Gasteiger partial charge in [0.05, 0.1) is 4.99 Å². The summed E-state index contributed by atoms with van der Waals surface area (Å²) >= 11 is 5.02. The molecule has 0 saturated heterocycles. The van der Waals surface area contributed by atoms with Crippen LogP contribution >= 0.6 is 12.2 Å². The van der Waals surface area contributed by atoms with Gasteiger partial charge < -0.3 is 10.6 Å². The number of hydrogen-bond acceptors (Lipinski definition) is 2. The van der Waals surface area contributed by atoms with Gasteiger partial charge in [-0.2, -0.15) is 0 Å².